The quantitative estimate of drug-likeness (QED) is 0.289. The van der Waals surface area contributed by atoms with E-state index in [1.807, 2.05) is 0 Å². The second-order valence-electron chi connectivity index (χ2n) is 8.36. The smallest absolute Gasteiger partial charge is 0.0268 e. The van der Waals surface area contributed by atoms with E-state index in [0.717, 1.165) is 6.42 Å². The van der Waals surface area contributed by atoms with Gasteiger partial charge in [-0.05, 0) is 52.2 Å². The topological polar surface area (TPSA) is 0 Å². The summed E-state index contributed by atoms with van der Waals surface area (Å²) in [6.45, 7) is 0. The van der Waals surface area contributed by atoms with Crippen LogP contribution in [0.2, 0.25) is 0 Å². The molecule has 0 bridgehead atoms. The highest BCUT2D eigenvalue weighted by atomic mass is 31.1. The minimum Gasteiger partial charge on any atom is -0.0918 e. The van der Waals surface area contributed by atoms with Crippen molar-refractivity contribution in [1.29, 1.82) is 0 Å². The van der Waals surface area contributed by atoms with E-state index in [4.69, 9.17) is 0 Å². The number of benzene rings is 4. The molecule has 1 aliphatic heterocycles. The molecule has 1 heteroatoms. The molecule has 0 aromatic heterocycles. The maximum Gasteiger partial charge on any atom is 0.0268 e. The molecule has 31 heavy (non-hydrogen) atoms. The van der Waals surface area contributed by atoms with Gasteiger partial charge in [-0.15, -0.1) is 0 Å². The molecule has 4 aromatic carbocycles. The Kier molecular flexibility index (Phi) is 6.10. The van der Waals surface area contributed by atoms with Gasteiger partial charge < -0.3 is 0 Å². The van der Waals surface area contributed by atoms with Crippen LogP contribution in [0.15, 0.2) is 121 Å². The van der Waals surface area contributed by atoms with Crippen molar-refractivity contribution in [3.63, 3.8) is 0 Å². The highest BCUT2D eigenvalue weighted by Crippen LogP contribution is 2.49. The molecule has 0 aliphatic carbocycles. The summed E-state index contributed by atoms with van der Waals surface area (Å²) in [7, 11) is 1.45. The molecule has 0 spiro atoms. The molecule has 5 rings (SSSR count). The lowest BCUT2D eigenvalue weighted by Crippen LogP contribution is -2.29. The maximum atomic E-state index is 2.33. The van der Waals surface area contributed by atoms with Crippen LogP contribution in [0.3, 0.4) is 0 Å². The molecule has 3 atom stereocenters. The molecule has 0 saturated carbocycles. The average Bonchev–Trinajstić information content (AvgIpc) is 2.86. The summed E-state index contributed by atoms with van der Waals surface area (Å²) >= 11 is 0. The van der Waals surface area contributed by atoms with Crippen LogP contribution in [0, 0.1) is 5.92 Å². The zero-order valence-electron chi connectivity index (χ0n) is 17.6. The number of hydrogen-bond donors (Lipinski definition) is 0. The lowest BCUT2D eigenvalue weighted by Gasteiger charge is -2.37. The van der Waals surface area contributed by atoms with Crippen molar-refractivity contribution in [2.75, 3.05) is 0 Å². The third-order valence-electron chi connectivity index (χ3n) is 6.39. The van der Waals surface area contributed by atoms with Gasteiger partial charge in [-0.2, -0.15) is 0 Å². The van der Waals surface area contributed by atoms with Crippen LogP contribution in [0.5, 0.6) is 0 Å². The normalized spacial score (nSPS) is 21.3. The van der Waals surface area contributed by atoms with Gasteiger partial charge in [-0.25, -0.2) is 0 Å². The van der Waals surface area contributed by atoms with E-state index in [1.54, 1.807) is 5.29 Å². The van der Waals surface area contributed by atoms with Gasteiger partial charge >= 0.3 is 0 Å². The van der Waals surface area contributed by atoms with E-state index in [1.165, 1.54) is 36.9 Å². The molecule has 0 amide bonds. The van der Waals surface area contributed by atoms with E-state index in [0.29, 0.717) is 17.5 Å². The molecular formula is C30H27P. The molecule has 152 valence electrons. The third kappa shape index (κ3) is 4.55. The van der Waals surface area contributed by atoms with E-state index in [-0.39, 0.29) is 0 Å². The first-order valence-corrected chi connectivity index (χ1v) is 12.1. The van der Waals surface area contributed by atoms with Crippen molar-refractivity contribution in [3.05, 3.63) is 144 Å². The Morgan fingerprint density at radius 2 is 1.10 bits per heavy atom. The van der Waals surface area contributed by atoms with Crippen LogP contribution in [-0.4, -0.2) is 5.29 Å². The van der Waals surface area contributed by atoms with Gasteiger partial charge in [0.1, 0.15) is 0 Å². The van der Waals surface area contributed by atoms with Crippen molar-refractivity contribution >= 4 is 13.5 Å². The third-order valence-corrected chi connectivity index (χ3v) is 8.08. The zero-order chi connectivity index (χ0) is 20.9. The zero-order valence-corrected chi connectivity index (χ0v) is 18.5. The summed E-state index contributed by atoms with van der Waals surface area (Å²) in [5.74, 6) is 0.997. The molecule has 4 aromatic rings. The van der Waals surface area contributed by atoms with E-state index < -0.39 is 0 Å². The van der Waals surface area contributed by atoms with Crippen LogP contribution in [0.4, 0.5) is 0 Å². The van der Waals surface area contributed by atoms with Crippen molar-refractivity contribution in [3.8, 4) is 0 Å². The van der Waals surface area contributed by atoms with Gasteiger partial charge in [-0.1, -0.05) is 130 Å². The highest BCUT2D eigenvalue weighted by molar-refractivity contribution is 7.42. The summed E-state index contributed by atoms with van der Waals surface area (Å²) in [6.07, 6.45) is 2.27. The Morgan fingerprint density at radius 3 is 1.71 bits per heavy atom. The second kappa shape index (κ2) is 9.46. The lowest BCUT2D eigenvalue weighted by molar-refractivity contribution is 0.491. The van der Waals surface area contributed by atoms with Crippen molar-refractivity contribution < 1.29 is 0 Å². The second-order valence-corrected chi connectivity index (χ2v) is 9.72. The summed E-state index contributed by atoms with van der Waals surface area (Å²) in [4.78, 5) is 0. The Morgan fingerprint density at radius 1 is 0.581 bits per heavy atom. The molecule has 1 aliphatic rings. The minimum absolute atomic E-state index is 0.494. The molecule has 0 saturated heterocycles. The molecule has 0 fully saturated rings. The average molecular weight is 419 g/mol. The SMILES string of the molecule is c1ccc(CC2C(c3ccccc3)=PC(c3ccccc3)CC2c2ccccc2)cc1. The van der Waals surface area contributed by atoms with Gasteiger partial charge in [0.15, 0.2) is 0 Å². The summed E-state index contributed by atoms with van der Waals surface area (Å²) in [5.41, 5.74) is 6.26. The van der Waals surface area contributed by atoms with Gasteiger partial charge in [0.25, 0.3) is 0 Å². The highest BCUT2D eigenvalue weighted by Gasteiger charge is 2.34. The van der Waals surface area contributed by atoms with Gasteiger partial charge in [0.2, 0.25) is 0 Å². The molecule has 3 unspecified atom stereocenters. The summed E-state index contributed by atoms with van der Waals surface area (Å²) < 4.78 is 0. The van der Waals surface area contributed by atoms with Crippen molar-refractivity contribution in [2.45, 2.75) is 24.4 Å². The standard InChI is InChI=1S/C30H27P/c1-5-13-23(14-6-1)21-28-27(24-15-7-2-8-16-24)22-29(25-17-9-3-10-18-25)31-30(28)26-19-11-4-12-20-26/h1-20,27-29H,21-22H2. The Balaban J connectivity index is 1.64. The van der Waals surface area contributed by atoms with E-state index in [2.05, 4.69) is 121 Å². The summed E-state index contributed by atoms with van der Waals surface area (Å²) in [5, 5.41) is 1.58. The number of rotatable bonds is 5. The Labute approximate surface area is 187 Å². The maximum absolute atomic E-state index is 2.33. The van der Waals surface area contributed by atoms with Gasteiger partial charge in [0, 0.05) is 5.66 Å². The number of hydrogen-bond acceptors (Lipinski definition) is 0. The predicted octanol–water partition coefficient (Wildman–Crippen LogP) is 7.94. The van der Waals surface area contributed by atoms with Crippen molar-refractivity contribution in [2.24, 2.45) is 5.92 Å². The largest absolute Gasteiger partial charge is 0.0918 e. The fraction of sp³-hybridized carbons (Fsp3) is 0.167. The Hall–Kier alpha value is -2.95. The summed E-state index contributed by atoms with van der Waals surface area (Å²) in [6, 6.07) is 44.4. The molecular weight excluding hydrogens is 391 g/mol. The van der Waals surface area contributed by atoms with Crippen LogP contribution >= 0.6 is 8.20 Å². The van der Waals surface area contributed by atoms with Crippen LogP contribution < -0.4 is 0 Å². The lowest BCUT2D eigenvalue weighted by atomic mass is 9.75. The van der Waals surface area contributed by atoms with Crippen LogP contribution in [0.1, 0.15) is 40.3 Å². The molecule has 0 radical (unpaired) electrons. The fourth-order valence-electron chi connectivity index (χ4n) is 4.87. The first kappa shape index (κ1) is 20.0. The predicted molar refractivity (Wildman–Crippen MR) is 134 cm³/mol. The minimum atomic E-state index is 0.494. The molecule has 1 heterocycles. The van der Waals surface area contributed by atoms with Crippen LogP contribution in [-0.2, 0) is 6.42 Å². The van der Waals surface area contributed by atoms with Gasteiger partial charge in [0.05, 0.1) is 0 Å². The molecule has 0 N–H and O–H groups in total. The first-order chi connectivity index (χ1) is 15.4. The fourth-order valence-corrected chi connectivity index (χ4v) is 6.62. The molecule has 0 nitrogen and oxygen atoms in total. The van der Waals surface area contributed by atoms with E-state index in [9.17, 15) is 0 Å². The van der Waals surface area contributed by atoms with Crippen molar-refractivity contribution in [1.82, 2.24) is 0 Å². The van der Waals surface area contributed by atoms with E-state index >= 15 is 0 Å². The van der Waals surface area contributed by atoms with Crippen LogP contribution in [0.25, 0.3) is 0 Å². The monoisotopic (exact) mass is 418 g/mol. The first-order valence-electron chi connectivity index (χ1n) is 11.2. The van der Waals surface area contributed by atoms with Gasteiger partial charge in [-0.3, -0.25) is 0 Å². The Bertz CT molecular complexity index is 1120.